The van der Waals surface area contributed by atoms with Gasteiger partial charge in [-0.2, -0.15) is 0 Å². The summed E-state index contributed by atoms with van der Waals surface area (Å²) in [5.41, 5.74) is 0.790. The van der Waals surface area contributed by atoms with E-state index in [1.807, 2.05) is 19.9 Å². The number of hydrogen-bond acceptors (Lipinski definition) is 1. The summed E-state index contributed by atoms with van der Waals surface area (Å²) in [6.45, 7) is 4.09. The Morgan fingerprint density at radius 3 is 2.82 bits per heavy atom. The van der Waals surface area contributed by atoms with Crippen LogP contribution in [0.15, 0.2) is 18.5 Å². The van der Waals surface area contributed by atoms with Gasteiger partial charge in [-0.1, -0.05) is 13.8 Å². The normalized spacial score (nSPS) is 10.5. The Morgan fingerprint density at radius 2 is 2.36 bits per heavy atom. The lowest BCUT2D eigenvalue weighted by atomic mass is 10.0. The van der Waals surface area contributed by atoms with Crippen molar-refractivity contribution >= 4 is 5.78 Å². The van der Waals surface area contributed by atoms with Crippen molar-refractivity contribution in [1.82, 2.24) is 4.98 Å². The molecule has 1 aromatic rings. The highest BCUT2D eigenvalue weighted by atomic mass is 16.1. The Bertz CT molecular complexity index is 224. The lowest BCUT2D eigenvalue weighted by Crippen LogP contribution is -2.01. The van der Waals surface area contributed by atoms with E-state index < -0.39 is 0 Å². The van der Waals surface area contributed by atoms with Gasteiger partial charge in [0.25, 0.3) is 0 Å². The maximum Gasteiger partial charge on any atom is 0.164 e. The van der Waals surface area contributed by atoms with Gasteiger partial charge >= 0.3 is 0 Å². The Balaban J connectivity index is 2.57. The van der Waals surface area contributed by atoms with Gasteiger partial charge in [0, 0.05) is 24.4 Å². The molecule has 0 aromatic carbocycles. The summed E-state index contributed by atoms with van der Waals surface area (Å²) in [5, 5.41) is 0. The third-order valence-electron chi connectivity index (χ3n) is 1.51. The van der Waals surface area contributed by atoms with Crippen LogP contribution >= 0.6 is 0 Å². The van der Waals surface area contributed by atoms with E-state index in [0.29, 0.717) is 12.3 Å². The minimum Gasteiger partial charge on any atom is -0.367 e. The van der Waals surface area contributed by atoms with E-state index >= 15 is 0 Å². The topological polar surface area (TPSA) is 32.9 Å². The van der Waals surface area contributed by atoms with Crippen molar-refractivity contribution in [2.45, 2.75) is 20.3 Å². The van der Waals surface area contributed by atoms with Crippen molar-refractivity contribution in [1.29, 1.82) is 0 Å². The molecule has 1 aromatic heterocycles. The Hall–Kier alpha value is -1.05. The fourth-order valence-corrected chi connectivity index (χ4v) is 0.986. The molecule has 11 heavy (non-hydrogen) atoms. The largest absolute Gasteiger partial charge is 0.367 e. The number of hydrogen-bond donors (Lipinski definition) is 1. The van der Waals surface area contributed by atoms with Gasteiger partial charge in [0.15, 0.2) is 5.78 Å². The molecule has 1 heterocycles. The van der Waals surface area contributed by atoms with Gasteiger partial charge in [0.05, 0.1) is 0 Å². The molecule has 1 rings (SSSR count). The Labute approximate surface area is 66.6 Å². The smallest absolute Gasteiger partial charge is 0.164 e. The minimum atomic E-state index is 0.223. The number of nitrogens with one attached hydrogen (secondary N) is 1. The second-order valence-electron chi connectivity index (χ2n) is 3.12. The first-order valence-electron chi connectivity index (χ1n) is 3.86. The molecule has 0 bridgehead atoms. The predicted octanol–water partition coefficient (Wildman–Crippen LogP) is 2.24. The number of H-pyrrole nitrogens is 1. The monoisotopic (exact) mass is 151 g/mol. The Kier molecular flexibility index (Phi) is 2.47. The van der Waals surface area contributed by atoms with Crippen LogP contribution in [-0.4, -0.2) is 10.8 Å². The summed E-state index contributed by atoms with van der Waals surface area (Å²) >= 11 is 0. The third-order valence-corrected chi connectivity index (χ3v) is 1.51. The molecular weight excluding hydrogens is 138 g/mol. The molecule has 0 amide bonds. The second-order valence-corrected chi connectivity index (χ2v) is 3.12. The van der Waals surface area contributed by atoms with E-state index in [9.17, 15) is 4.79 Å². The van der Waals surface area contributed by atoms with Crippen LogP contribution in [0.25, 0.3) is 0 Å². The molecule has 0 unspecified atom stereocenters. The van der Waals surface area contributed by atoms with Crippen molar-refractivity contribution < 1.29 is 4.79 Å². The lowest BCUT2D eigenvalue weighted by molar-refractivity contribution is 0.0968. The number of aromatic nitrogens is 1. The summed E-state index contributed by atoms with van der Waals surface area (Å²) in [4.78, 5) is 14.2. The molecule has 0 atom stereocenters. The zero-order chi connectivity index (χ0) is 8.27. The number of rotatable bonds is 3. The number of aromatic amines is 1. The van der Waals surface area contributed by atoms with Crippen molar-refractivity contribution in [3.63, 3.8) is 0 Å². The maximum absolute atomic E-state index is 11.3. The standard InChI is InChI=1S/C9H13NO/c1-7(2)5-9(11)8-3-4-10-6-8/h3-4,6-7,10H,5H2,1-2H3. The first-order chi connectivity index (χ1) is 5.20. The summed E-state index contributed by atoms with van der Waals surface area (Å²) in [7, 11) is 0. The van der Waals surface area contributed by atoms with Gasteiger partial charge < -0.3 is 4.98 Å². The van der Waals surface area contributed by atoms with E-state index in [1.54, 1.807) is 12.4 Å². The van der Waals surface area contributed by atoms with Crippen molar-refractivity contribution in [3.8, 4) is 0 Å². The molecule has 0 saturated carbocycles. The highest BCUT2D eigenvalue weighted by Crippen LogP contribution is 2.07. The van der Waals surface area contributed by atoms with Crippen LogP contribution < -0.4 is 0 Å². The molecule has 2 heteroatoms. The van der Waals surface area contributed by atoms with Gasteiger partial charge in [-0.15, -0.1) is 0 Å². The van der Waals surface area contributed by atoms with E-state index in [-0.39, 0.29) is 5.78 Å². The highest BCUT2D eigenvalue weighted by molar-refractivity contribution is 5.95. The van der Waals surface area contributed by atoms with E-state index in [4.69, 9.17) is 0 Å². The third kappa shape index (κ3) is 2.22. The van der Waals surface area contributed by atoms with E-state index in [0.717, 1.165) is 5.56 Å². The van der Waals surface area contributed by atoms with Crippen molar-refractivity contribution in [3.05, 3.63) is 24.0 Å². The fourth-order valence-electron chi connectivity index (χ4n) is 0.986. The zero-order valence-corrected chi connectivity index (χ0v) is 6.92. The highest BCUT2D eigenvalue weighted by Gasteiger charge is 2.07. The van der Waals surface area contributed by atoms with Crippen LogP contribution in [0, 0.1) is 5.92 Å². The molecule has 1 N–H and O–H groups in total. The van der Waals surface area contributed by atoms with Crippen LogP contribution in [0.5, 0.6) is 0 Å². The second kappa shape index (κ2) is 3.37. The molecule has 0 fully saturated rings. The molecular formula is C9H13NO. The van der Waals surface area contributed by atoms with Crippen LogP contribution in [-0.2, 0) is 0 Å². The van der Waals surface area contributed by atoms with Crippen LogP contribution in [0.3, 0.4) is 0 Å². The average molecular weight is 151 g/mol. The SMILES string of the molecule is CC(C)CC(=O)c1cc[nH]c1. The lowest BCUT2D eigenvalue weighted by Gasteiger charge is -2.00. The molecule has 0 saturated heterocycles. The summed E-state index contributed by atoms with van der Waals surface area (Å²) < 4.78 is 0. The van der Waals surface area contributed by atoms with Gasteiger partial charge in [-0.3, -0.25) is 4.79 Å². The van der Waals surface area contributed by atoms with Gasteiger partial charge in [0.1, 0.15) is 0 Å². The Morgan fingerprint density at radius 1 is 1.64 bits per heavy atom. The van der Waals surface area contributed by atoms with Gasteiger partial charge in [-0.05, 0) is 12.0 Å². The minimum absolute atomic E-state index is 0.223. The number of carbonyl (C=O) groups excluding carboxylic acids is 1. The molecule has 0 aliphatic carbocycles. The summed E-state index contributed by atoms with van der Waals surface area (Å²) in [6, 6.07) is 1.81. The quantitative estimate of drug-likeness (QED) is 0.660. The number of ketones is 1. The summed E-state index contributed by atoms with van der Waals surface area (Å²) in [6.07, 6.45) is 4.15. The molecule has 60 valence electrons. The van der Waals surface area contributed by atoms with Crippen molar-refractivity contribution in [2.75, 3.05) is 0 Å². The average Bonchev–Trinajstić information content (AvgIpc) is 2.35. The van der Waals surface area contributed by atoms with Crippen LogP contribution in [0.1, 0.15) is 30.6 Å². The van der Waals surface area contributed by atoms with Gasteiger partial charge in [0.2, 0.25) is 0 Å². The van der Waals surface area contributed by atoms with E-state index in [1.165, 1.54) is 0 Å². The molecule has 2 nitrogen and oxygen atoms in total. The summed E-state index contributed by atoms with van der Waals surface area (Å²) in [5.74, 6) is 0.665. The molecule has 0 spiro atoms. The maximum atomic E-state index is 11.3. The molecule has 0 aliphatic rings. The van der Waals surface area contributed by atoms with Crippen molar-refractivity contribution in [2.24, 2.45) is 5.92 Å². The predicted molar refractivity (Wildman–Crippen MR) is 44.6 cm³/mol. The first-order valence-corrected chi connectivity index (χ1v) is 3.86. The fraction of sp³-hybridized carbons (Fsp3) is 0.444. The molecule has 0 radical (unpaired) electrons. The number of carbonyl (C=O) groups is 1. The van der Waals surface area contributed by atoms with Gasteiger partial charge in [-0.25, -0.2) is 0 Å². The van der Waals surface area contributed by atoms with Crippen LogP contribution in [0.2, 0.25) is 0 Å². The molecule has 0 aliphatic heterocycles. The zero-order valence-electron chi connectivity index (χ0n) is 6.92. The van der Waals surface area contributed by atoms with E-state index in [2.05, 4.69) is 4.98 Å². The number of Topliss-reactive ketones (excluding diaryl/α,β-unsaturated/α-hetero) is 1. The first kappa shape index (κ1) is 8.05. The van der Waals surface area contributed by atoms with Crippen LogP contribution in [0.4, 0.5) is 0 Å².